The first-order valence-electron chi connectivity index (χ1n) is 13.3. The van der Waals surface area contributed by atoms with Crippen LogP contribution >= 0.6 is 0 Å². The number of amides is 1. The number of fused-ring (bicyclic) bond motifs is 2. The molecule has 6 rings (SSSR count). The molecule has 39 heavy (non-hydrogen) atoms. The average Bonchev–Trinajstić information content (AvgIpc) is 3.47. The molecule has 11 heteroatoms. The minimum absolute atomic E-state index is 0.115. The van der Waals surface area contributed by atoms with E-state index in [2.05, 4.69) is 44.4 Å². The summed E-state index contributed by atoms with van der Waals surface area (Å²) in [7, 11) is 1.72. The molecule has 0 bridgehead atoms. The molecule has 204 valence electrons. The fraction of sp³-hybridized carbons (Fsp3) is 0.429. The number of hydrogen-bond acceptors (Lipinski definition) is 8. The van der Waals surface area contributed by atoms with E-state index in [4.69, 9.17) is 4.74 Å². The number of anilines is 2. The summed E-state index contributed by atoms with van der Waals surface area (Å²) in [6, 6.07) is 7.30. The van der Waals surface area contributed by atoms with Gasteiger partial charge in [-0.25, -0.2) is 9.37 Å². The molecule has 0 spiro atoms. The van der Waals surface area contributed by atoms with Gasteiger partial charge in [0.15, 0.2) is 5.82 Å². The van der Waals surface area contributed by atoms with Crippen molar-refractivity contribution in [3.05, 3.63) is 48.0 Å². The third-order valence-corrected chi connectivity index (χ3v) is 7.46. The molecule has 1 saturated carbocycles. The van der Waals surface area contributed by atoms with Crippen molar-refractivity contribution in [1.82, 2.24) is 25.1 Å². The summed E-state index contributed by atoms with van der Waals surface area (Å²) in [5.74, 6) is -0.944. The van der Waals surface area contributed by atoms with Crippen LogP contribution in [0.4, 0.5) is 15.8 Å². The second kappa shape index (κ2) is 10.0. The summed E-state index contributed by atoms with van der Waals surface area (Å²) in [6.45, 7) is 5.87. The molecule has 4 aromatic rings. The molecule has 1 amide bonds. The Bertz CT molecular complexity index is 1550. The number of aryl methyl sites for hydroxylation is 1. The summed E-state index contributed by atoms with van der Waals surface area (Å²) in [5.41, 5.74) is 2.24. The molecule has 4 atom stereocenters. The van der Waals surface area contributed by atoms with Crippen molar-refractivity contribution in [3.63, 3.8) is 0 Å². The number of nitrogens with one attached hydrogen (secondary N) is 2. The molecule has 10 nitrogen and oxygen atoms in total. The lowest BCUT2D eigenvalue weighted by Crippen LogP contribution is -2.54. The van der Waals surface area contributed by atoms with Crippen molar-refractivity contribution < 1.29 is 19.0 Å². The smallest absolute Gasteiger partial charge is 0.317 e. The van der Waals surface area contributed by atoms with Crippen molar-refractivity contribution in [2.75, 3.05) is 23.3 Å². The van der Waals surface area contributed by atoms with E-state index >= 15 is 0 Å². The molecular weight excluding hydrogens is 501 g/mol. The van der Waals surface area contributed by atoms with E-state index in [1.54, 1.807) is 31.6 Å². The predicted molar refractivity (Wildman–Crippen MR) is 147 cm³/mol. The van der Waals surface area contributed by atoms with E-state index in [0.29, 0.717) is 28.6 Å². The van der Waals surface area contributed by atoms with Crippen molar-refractivity contribution in [2.24, 2.45) is 7.05 Å². The highest BCUT2D eigenvalue weighted by Crippen LogP contribution is 2.32. The number of ether oxygens (including phenoxy) is 1. The normalized spacial score (nSPS) is 23.5. The Labute approximate surface area is 225 Å². The SMILES string of the molecule is C[C@@H]1CN(c2ccc(C(=O)Nc3cc(F)c4nn(C)cc4c3)c3nc(O[C@@H]4CCC[C@H]4O)ncc23)C[C@@H](C)N1. The van der Waals surface area contributed by atoms with Crippen LogP contribution in [0.3, 0.4) is 0 Å². The molecule has 1 saturated heterocycles. The summed E-state index contributed by atoms with van der Waals surface area (Å²) >= 11 is 0. The summed E-state index contributed by atoms with van der Waals surface area (Å²) in [5, 5.41) is 22.0. The number of aromatic nitrogens is 4. The van der Waals surface area contributed by atoms with Gasteiger partial charge in [-0.15, -0.1) is 0 Å². The van der Waals surface area contributed by atoms with Crippen molar-refractivity contribution in [2.45, 2.75) is 57.4 Å². The molecule has 3 heterocycles. The van der Waals surface area contributed by atoms with E-state index in [1.807, 2.05) is 6.07 Å². The second-order valence-electron chi connectivity index (χ2n) is 10.7. The van der Waals surface area contributed by atoms with Gasteiger partial charge in [0.25, 0.3) is 5.91 Å². The molecule has 2 aliphatic rings. The Hall–Kier alpha value is -3.83. The highest BCUT2D eigenvalue weighted by molar-refractivity contribution is 6.14. The molecule has 0 unspecified atom stereocenters. The van der Waals surface area contributed by atoms with E-state index in [-0.39, 0.29) is 29.7 Å². The zero-order valence-electron chi connectivity index (χ0n) is 22.2. The monoisotopic (exact) mass is 533 g/mol. The first-order valence-corrected chi connectivity index (χ1v) is 13.3. The third kappa shape index (κ3) is 4.99. The van der Waals surface area contributed by atoms with Crippen molar-refractivity contribution in [1.29, 1.82) is 0 Å². The Morgan fingerprint density at radius 3 is 2.72 bits per heavy atom. The number of piperazine rings is 1. The van der Waals surface area contributed by atoms with Crippen LogP contribution in [0.5, 0.6) is 6.01 Å². The summed E-state index contributed by atoms with van der Waals surface area (Å²) in [4.78, 5) is 24.9. The standard InChI is InChI=1S/C28H32FN7O3/c1-15-12-36(13-16(2)31-15)22-8-7-19(26-20(22)11-30-28(33-26)39-24-6-4-5-23(24)37)27(38)32-18-9-17-14-35(3)34-25(17)21(29)10-18/h7-11,14-16,23-24,31,37H,4-6,12-13H2,1-3H3,(H,32,38)/t15-,16-,23-,24-/m1/s1. The van der Waals surface area contributed by atoms with Crippen molar-refractivity contribution in [3.8, 4) is 6.01 Å². The maximum absolute atomic E-state index is 14.7. The molecule has 2 fully saturated rings. The fourth-order valence-corrected chi connectivity index (χ4v) is 5.79. The second-order valence-corrected chi connectivity index (χ2v) is 10.7. The largest absolute Gasteiger partial charge is 0.457 e. The van der Waals surface area contributed by atoms with Gasteiger partial charge in [-0.05, 0) is 57.4 Å². The average molecular weight is 534 g/mol. The number of halogens is 1. The van der Waals surface area contributed by atoms with Crippen LogP contribution in [-0.4, -0.2) is 68.1 Å². The van der Waals surface area contributed by atoms with Crippen LogP contribution in [0.25, 0.3) is 21.8 Å². The highest BCUT2D eigenvalue weighted by atomic mass is 19.1. The molecule has 1 aliphatic heterocycles. The minimum Gasteiger partial charge on any atom is -0.457 e. The molecule has 2 aromatic heterocycles. The van der Waals surface area contributed by atoms with Crippen molar-refractivity contribution >= 4 is 39.1 Å². The minimum atomic E-state index is -0.570. The van der Waals surface area contributed by atoms with Gasteiger partial charge >= 0.3 is 6.01 Å². The van der Waals surface area contributed by atoms with Gasteiger partial charge in [-0.3, -0.25) is 9.48 Å². The van der Waals surface area contributed by atoms with Gasteiger partial charge in [0.05, 0.1) is 17.2 Å². The molecular formula is C28H32FN7O3. The molecule has 0 radical (unpaired) electrons. The highest BCUT2D eigenvalue weighted by Gasteiger charge is 2.29. The maximum Gasteiger partial charge on any atom is 0.317 e. The van der Waals surface area contributed by atoms with Gasteiger partial charge in [-0.2, -0.15) is 10.1 Å². The lowest BCUT2D eigenvalue weighted by atomic mass is 10.0. The van der Waals surface area contributed by atoms with Gasteiger partial charge in [0.2, 0.25) is 0 Å². The number of nitrogens with zero attached hydrogens (tertiary/aromatic N) is 5. The predicted octanol–water partition coefficient (Wildman–Crippen LogP) is 3.39. The summed E-state index contributed by atoms with van der Waals surface area (Å²) in [6.07, 6.45) is 4.69. The molecule has 1 aliphatic carbocycles. The van der Waals surface area contributed by atoms with Crippen LogP contribution in [0.15, 0.2) is 36.7 Å². The zero-order valence-corrected chi connectivity index (χ0v) is 22.2. The van der Waals surface area contributed by atoms with Crippen LogP contribution in [0.1, 0.15) is 43.5 Å². The maximum atomic E-state index is 14.7. The van der Waals surface area contributed by atoms with Gasteiger partial charge in [-0.1, -0.05) is 0 Å². The van der Waals surface area contributed by atoms with Crippen LogP contribution < -0.4 is 20.3 Å². The third-order valence-electron chi connectivity index (χ3n) is 7.46. The lowest BCUT2D eigenvalue weighted by Gasteiger charge is -2.38. The number of rotatable bonds is 5. The van der Waals surface area contributed by atoms with Crippen LogP contribution in [-0.2, 0) is 7.05 Å². The number of carbonyl (C=O) groups excluding carboxylic acids is 1. The zero-order chi connectivity index (χ0) is 27.3. The van der Waals surface area contributed by atoms with Gasteiger partial charge < -0.3 is 25.4 Å². The Balaban J connectivity index is 1.39. The van der Waals surface area contributed by atoms with E-state index in [9.17, 15) is 14.3 Å². The molecule has 2 aromatic carbocycles. The van der Waals surface area contributed by atoms with E-state index < -0.39 is 17.8 Å². The number of aliphatic hydroxyl groups is 1. The van der Waals surface area contributed by atoms with Crippen LogP contribution in [0, 0.1) is 5.82 Å². The van der Waals surface area contributed by atoms with E-state index in [0.717, 1.165) is 37.0 Å². The number of hydrogen-bond donors (Lipinski definition) is 3. The fourth-order valence-electron chi connectivity index (χ4n) is 5.79. The Morgan fingerprint density at radius 1 is 1.18 bits per heavy atom. The van der Waals surface area contributed by atoms with Gasteiger partial charge in [0.1, 0.15) is 11.6 Å². The number of aliphatic hydroxyl groups excluding tert-OH is 1. The lowest BCUT2D eigenvalue weighted by molar-refractivity contribution is 0.0544. The Morgan fingerprint density at radius 2 is 1.97 bits per heavy atom. The van der Waals surface area contributed by atoms with Gasteiger partial charge in [0, 0.05) is 66.8 Å². The topological polar surface area (TPSA) is 117 Å². The number of benzene rings is 2. The number of carbonyl (C=O) groups is 1. The Kier molecular flexibility index (Phi) is 6.56. The summed E-state index contributed by atoms with van der Waals surface area (Å²) < 4.78 is 22.1. The van der Waals surface area contributed by atoms with E-state index in [1.165, 1.54) is 10.7 Å². The quantitative estimate of drug-likeness (QED) is 0.358. The first-order chi connectivity index (χ1) is 18.7. The van der Waals surface area contributed by atoms with Crippen LogP contribution in [0.2, 0.25) is 0 Å². The molecule has 3 N–H and O–H groups in total. The first kappa shape index (κ1) is 25.4.